The van der Waals surface area contributed by atoms with Crippen molar-refractivity contribution < 1.29 is 14.4 Å². The third kappa shape index (κ3) is 3.78. The summed E-state index contributed by atoms with van der Waals surface area (Å²) in [5.74, 6) is 1.27. The molecule has 0 saturated carbocycles. The van der Waals surface area contributed by atoms with Crippen LogP contribution in [0.1, 0.15) is 5.56 Å². The maximum atomic E-state index is 11.6. The lowest BCUT2D eigenvalue weighted by Crippen LogP contribution is -1.96. The Kier molecular flexibility index (Phi) is 5.47. The monoisotopic (exact) mass is 457 g/mol. The van der Waals surface area contributed by atoms with Crippen molar-refractivity contribution in [2.75, 3.05) is 7.11 Å². The summed E-state index contributed by atoms with van der Waals surface area (Å²) in [6.07, 6.45) is 3.49. The van der Waals surface area contributed by atoms with E-state index in [1.807, 2.05) is 23.9 Å². The number of benzene rings is 2. The second-order valence-corrected chi connectivity index (χ2v) is 7.78. The molecule has 0 aliphatic carbocycles. The molecule has 0 atom stereocenters. The van der Waals surface area contributed by atoms with Crippen LogP contribution in [-0.4, -0.2) is 21.6 Å². The average molecular weight is 458 g/mol. The molecule has 0 unspecified atom stereocenters. The minimum absolute atomic E-state index is 0.0115. The molecule has 2 heterocycles. The number of aryl methyl sites for hydroxylation is 2. The summed E-state index contributed by atoms with van der Waals surface area (Å²) < 4.78 is 13.4. The number of nitro groups is 1. The van der Waals surface area contributed by atoms with Crippen LogP contribution in [0.2, 0.25) is 10.0 Å². The van der Waals surface area contributed by atoms with Crippen molar-refractivity contribution in [2.24, 2.45) is 7.05 Å². The van der Waals surface area contributed by atoms with E-state index in [1.54, 1.807) is 44.5 Å². The van der Waals surface area contributed by atoms with Gasteiger partial charge in [0.25, 0.3) is 5.69 Å². The summed E-state index contributed by atoms with van der Waals surface area (Å²) in [6.45, 7) is 1.66. The second kappa shape index (κ2) is 8.09. The van der Waals surface area contributed by atoms with Crippen molar-refractivity contribution in [3.8, 4) is 28.5 Å². The van der Waals surface area contributed by atoms with Gasteiger partial charge in [0, 0.05) is 52.6 Å². The highest BCUT2D eigenvalue weighted by atomic mass is 35.5. The third-order valence-electron chi connectivity index (χ3n) is 4.95. The summed E-state index contributed by atoms with van der Waals surface area (Å²) in [6, 6.07) is 9.87. The minimum Gasteiger partial charge on any atom is -0.479 e. The second-order valence-electron chi connectivity index (χ2n) is 6.94. The van der Waals surface area contributed by atoms with Crippen molar-refractivity contribution >= 4 is 39.8 Å². The zero-order valence-electron chi connectivity index (χ0n) is 16.8. The number of nitrogens with zero attached hydrogens (tertiary/aromatic N) is 3. The van der Waals surface area contributed by atoms with Crippen LogP contribution in [0.4, 0.5) is 5.69 Å². The molecule has 0 radical (unpaired) electrons. The van der Waals surface area contributed by atoms with Crippen LogP contribution in [0.25, 0.3) is 22.0 Å². The first-order valence-electron chi connectivity index (χ1n) is 9.20. The number of nitro benzene ring substituents is 1. The zero-order chi connectivity index (χ0) is 22.3. The molecule has 0 bridgehead atoms. The van der Waals surface area contributed by atoms with Crippen LogP contribution < -0.4 is 9.47 Å². The number of aromatic nitrogens is 2. The predicted octanol–water partition coefficient (Wildman–Crippen LogP) is 6.56. The van der Waals surface area contributed by atoms with E-state index in [9.17, 15) is 10.1 Å². The van der Waals surface area contributed by atoms with Crippen LogP contribution in [0, 0.1) is 17.0 Å². The van der Waals surface area contributed by atoms with Crippen LogP contribution in [-0.2, 0) is 7.05 Å². The molecule has 158 valence electrons. The Morgan fingerprint density at radius 1 is 1.10 bits per heavy atom. The van der Waals surface area contributed by atoms with Crippen LogP contribution in [0.3, 0.4) is 0 Å². The Labute approximate surface area is 187 Å². The van der Waals surface area contributed by atoms with Gasteiger partial charge in [-0.3, -0.25) is 10.1 Å². The van der Waals surface area contributed by atoms with E-state index in [1.165, 1.54) is 6.07 Å². The number of rotatable bonds is 5. The maximum absolute atomic E-state index is 11.6. The Bertz CT molecular complexity index is 1330. The van der Waals surface area contributed by atoms with Crippen molar-refractivity contribution in [1.82, 2.24) is 9.55 Å². The van der Waals surface area contributed by atoms with E-state index < -0.39 is 4.92 Å². The van der Waals surface area contributed by atoms with Crippen LogP contribution in [0.15, 0.2) is 48.8 Å². The first-order chi connectivity index (χ1) is 14.8. The van der Waals surface area contributed by atoms with E-state index in [0.717, 1.165) is 16.5 Å². The number of halogens is 2. The van der Waals surface area contributed by atoms with Crippen molar-refractivity contribution in [3.63, 3.8) is 0 Å². The number of hydrogen-bond acceptors (Lipinski definition) is 5. The zero-order valence-corrected chi connectivity index (χ0v) is 18.4. The van der Waals surface area contributed by atoms with Crippen LogP contribution >= 0.6 is 23.2 Å². The van der Waals surface area contributed by atoms with Gasteiger partial charge in [-0.15, -0.1) is 0 Å². The first kappa shape index (κ1) is 21.0. The summed E-state index contributed by atoms with van der Waals surface area (Å²) in [7, 11) is 3.40. The lowest BCUT2D eigenvalue weighted by Gasteiger charge is -2.14. The van der Waals surface area contributed by atoms with Gasteiger partial charge in [-0.2, -0.15) is 0 Å². The highest BCUT2D eigenvalue weighted by Gasteiger charge is 2.22. The fraction of sp³-hybridized carbons (Fsp3) is 0.136. The van der Waals surface area contributed by atoms with Crippen molar-refractivity contribution in [1.29, 1.82) is 0 Å². The highest BCUT2D eigenvalue weighted by Crippen LogP contribution is 2.43. The molecule has 0 aliphatic rings. The number of methoxy groups -OCH3 is 1. The fourth-order valence-corrected chi connectivity index (χ4v) is 3.97. The molecule has 2 aromatic carbocycles. The molecule has 4 rings (SSSR count). The Morgan fingerprint density at radius 2 is 1.87 bits per heavy atom. The van der Waals surface area contributed by atoms with Crippen LogP contribution in [0.5, 0.6) is 17.4 Å². The molecule has 0 aliphatic heterocycles. The van der Waals surface area contributed by atoms with E-state index >= 15 is 0 Å². The molecule has 9 heteroatoms. The van der Waals surface area contributed by atoms with Gasteiger partial charge < -0.3 is 14.0 Å². The smallest absolute Gasteiger partial charge is 0.273 e. The molecule has 0 saturated heterocycles. The van der Waals surface area contributed by atoms with E-state index in [0.29, 0.717) is 38.6 Å². The quantitative estimate of drug-likeness (QED) is 0.250. The molecule has 0 N–H and O–H groups in total. The number of ether oxygens (including phenoxy) is 2. The lowest BCUT2D eigenvalue weighted by atomic mass is 10.0. The summed E-state index contributed by atoms with van der Waals surface area (Å²) in [4.78, 5) is 15.5. The van der Waals surface area contributed by atoms with Gasteiger partial charge in [0.15, 0.2) is 0 Å². The largest absolute Gasteiger partial charge is 0.479 e. The van der Waals surface area contributed by atoms with Gasteiger partial charge in [-0.1, -0.05) is 23.2 Å². The van der Waals surface area contributed by atoms with E-state index in [-0.39, 0.29) is 5.69 Å². The SMILES string of the molecule is COc1nccc2c(-c3cc([N+](=O)[O-])c(C)cc3Oc3ccc(Cl)cc3Cl)cn(C)c12. The molecule has 0 amide bonds. The molecule has 31 heavy (non-hydrogen) atoms. The summed E-state index contributed by atoms with van der Waals surface area (Å²) in [5, 5.41) is 13.3. The van der Waals surface area contributed by atoms with Gasteiger partial charge >= 0.3 is 0 Å². The average Bonchev–Trinajstić information content (AvgIpc) is 3.06. The van der Waals surface area contributed by atoms with Gasteiger partial charge in [-0.05, 0) is 37.3 Å². The maximum Gasteiger partial charge on any atom is 0.273 e. The van der Waals surface area contributed by atoms with Crippen molar-refractivity contribution in [3.05, 3.63) is 74.5 Å². The van der Waals surface area contributed by atoms with E-state index in [2.05, 4.69) is 4.98 Å². The topological polar surface area (TPSA) is 79.4 Å². The van der Waals surface area contributed by atoms with Crippen molar-refractivity contribution in [2.45, 2.75) is 6.92 Å². The summed E-state index contributed by atoms with van der Waals surface area (Å²) in [5.41, 5.74) is 2.50. The summed E-state index contributed by atoms with van der Waals surface area (Å²) >= 11 is 12.3. The Balaban J connectivity index is 1.97. The molecular weight excluding hydrogens is 441 g/mol. The molecule has 2 aromatic heterocycles. The Hall–Kier alpha value is -3.29. The number of pyridine rings is 1. The van der Waals surface area contributed by atoms with Gasteiger partial charge in [0.2, 0.25) is 5.88 Å². The number of hydrogen-bond donors (Lipinski definition) is 0. The first-order valence-corrected chi connectivity index (χ1v) is 9.96. The standard InChI is InChI=1S/C22H17Cl2N3O4/c1-12-8-20(31-19-5-4-13(23)9-17(19)24)15(10-18(12)27(28)29)16-11-26(2)21-14(16)6-7-25-22(21)30-3/h4-11H,1-3H3. The van der Waals surface area contributed by atoms with Gasteiger partial charge in [-0.25, -0.2) is 4.98 Å². The lowest BCUT2D eigenvalue weighted by molar-refractivity contribution is -0.385. The van der Waals surface area contributed by atoms with E-state index in [4.69, 9.17) is 32.7 Å². The fourth-order valence-electron chi connectivity index (χ4n) is 3.52. The predicted molar refractivity (Wildman–Crippen MR) is 121 cm³/mol. The van der Waals surface area contributed by atoms with Gasteiger partial charge in [0.1, 0.15) is 17.0 Å². The highest BCUT2D eigenvalue weighted by molar-refractivity contribution is 6.35. The molecule has 0 fully saturated rings. The number of fused-ring (bicyclic) bond motifs is 1. The molecule has 4 aromatic rings. The minimum atomic E-state index is -0.412. The molecular formula is C22H17Cl2N3O4. The normalized spacial score (nSPS) is 11.0. The Morgan fingerprint density at radius 3 is 2.55 bits per heavy atom. The molecule has 7 nitrogen and oxygen atoms in total. The van der Waals surface area contributed by atoms with Gasteiger partial charge in [0.05, 0.1) is 17.1 Å². The molecule has 0 spiro atoms. The third-order valence-corrected chi connectivity index (χ3v) is 5.48.